The van der Waals surface area contributed by atoms with Gasteiger partial charge in [0, 0.05) is 6.42 Å². The van der Waals surface area contributed by atoms with E-state index in [0.29, 0.717) is 13.2 Å². The number of hydrogen-bond acceptors (Lipinski definition) is 4. The fourth-order valence-corrected chi connectivity index (χ4v) is 2.88. The zero-order valence-corrected chi connectivity index (χ0v) is 15.8. The number of hydrogen-bond donors (Lipinski definition) is 1. The molecule has 0 aromatic heterocycles. The van der Waals surface area contributed by atoms with Gasteiger partial charge in [-0.25, -0.2) is 0 Å². The molecule has 24 heavy (non-hydrogen) atoms. The molecule has 0 amide bonds. The summed E-state index contributed by atoms with van der Waals surface area (Å²) in [7, 11) is 0. The molecule has 0 aromatic rings. The highest BCUT2D eigenvalue weighted by Crippen LogP contribution is 2.20. The molecule has 0 radical (unpaired) electrons. The van der Waals surface area contributed by atoms with E-state index in [2.05, 4.69) is 6.92 Å². The first-order chi connectivity index (χ1) is 11.7. The number of aliphatic hydroxyl groups is 1. The minimum atomic E-state index is -0.444. The van der Waals surface area contributed by atoms with E-state index >= 15 is 0 Å². The van der Waals surface area contributed by atoms with Gasteiger partial charge in [-0.15, -0.1) is 0 Å². The summed E-state index contributed by atoms with van der Waals surface area (Å²) in [5, 5.41) is 9.13. The predicted octanol–water partition coefficient (Wildman–Crippen LogP) is 5.30. The van der Waals surface area contributed by atoms with Crippen LogP contribution in [0.4, 0.5) is 0 Å². The lowest BCUT2D eigenvalue weighted by atomic mass is 10.1. The Balaban J connectivity index is 1.82. The highest BCUT2D eigenvalue weighted by Gasteiger charge is 2.18. The molecule has 0 bridgehead atoms. The highest BCUT2D eigenvalue weighted by molar-refractivity contribution is 4.92. The maximum absolute atomic E-state index is 9.13. The zero-order chi connectivity index (χ0) is 17.5. The van der Waals surface area contributed by atoms with Gasteiger partial charge in [-0.3, -0.25) is 0 Å². The van der Waals surface area contributed by atoms with Crippen molar-refractivity contribution in [2.45, 2.75) is 103 Å². The molecule has 1 aliphatic rings. The van der Waals surface area contributed by atoms with Gasteiger partial charge in [0.05, 0.1) is 12.7 Å². The lowest BCUT2D eigenvalue weighted by Gasteiger charge is -2.12. The van der Waals surface area contributed by atoms with Gasteiger partial charge >= 0.3 is 0 Å². The lowest BCUT2D eigenvalue weighted by Crippen LogP contribution is -2.13. The number of unbranched alkanes of at least 4 members (excludes halogenated alkanes) is 10. The molecule has 1 aliphatic heterocycles. The zero-order valence-electron chi connectivity index (χ0n) is 15.8. The van der Waals surface area contributed by atoms with E-state index in [1.165, 1.54) is 64.2 Å². The molecule has 2 unspecified atom stereocenters. The fourth-order valence-electron chi connectivity index (χ4n) is 2.88. The number of rotatable bonds is 16. The molecule has 0 fully saturated rings. The minimum absolute atomic E-state index is 0.145. The van der Waals surface area contributed by atoms with Crippen LogP contribution in [0.25, 0.3) is 0 Å². The molecule has 1 rings (SSSR count). The molecule has 4 nitrogen and oxygen atoms in total. The van der Waals surface area contributed by atoms with Crippen LogP contribution in [0.3, 0.4) is 0 Å². The van der Waals surface area contributed by atoms with E-state index in [4.69, 9.17) is 19.3 Å². The van der Waals surface area contributed by atoms with Gasteiger partial charge in [-0.2, -0.15) is 0 Å². The van der Waals surface area contributed by atoms with Crippen molar-refractivity contribution in [1.29, 1.82) is 0 Å². The summed E-state index contributed by atoms with van der Waals surface area (Å²) >= 11 is 0. The van der Waals surface area contributed by atoms with Crippen LogP contribution in [0.15, 0.2) is 12.0 Å². The predicted molar refractivity (Wildman–Crippen MR) is 97.6 cm³/mol. The Labute approximate surface area is 148 Å². The maximum Gasteiger partial charge on any atom is 0.240 e. The first-order valence-electron chi connectivity index (χ1n) is 9.99. The molecule has 0 saturated heterocycles. The lowest BCUT2D eigenvalue weighted by molar-refractivity contribution is -0.0498. The van der Waals surface area contributed by atoms with Crippen LogP contribution >= 0.6 is 0 Å². The van der Waals surface area contributed by atoms with Gasteiger partial charge in [0.1, 0.15) is 12.9 Å². The Morgan fingerprint density at radius 2 is 1.58 bits per heavy atom. The monoisotopic (exact) mass is 342 g/mol. The Morgan fingerprint density at radius 3 is 2.17 bits per heavy atom. The van der Waals surface area contributed by atoms with Gasteiger partial charge in [0.2, 0.25) is 6.29 Å². The minimum Gasteiger partial charge on any atom is -0.459 e. The SMILES string of the molecule is CCCCCCCCCCCCCC1OC=C(COCC(C)O)O1. The van der Waals surface area contributed by atoms with E-state index in [0.717, 1.165) is 18.6 Å². The first kappa shape index (κ1) is 21.3. The van der Waals surface area contributed by atoms with Crippen LogP contribution < -0.4 is 0 Å². The first-order valence-corrected chi connectivity index (χ1v) is 9.99. The van der Waals surface area contributed by atoms with Crippen LogP contribution in [0.2, 0.25) is 0 Å². The van der Waals surface area contributed by atoms with Crippen molar-refractivity contribution in [3.8, 4) is 0 Å². The third-order valence-electron chi connectivity index (χ3n) is 4.28. The van der Waals surface area contributed by atoms with Crippen molar-refractivity contribution in [3.63, 3.8) is 0 Å². The average Bonchev–Trinajstić information content (AvgIpc) is 3.00. The van der Waals surface area contributed by atoms with Crippen LogP contribution in [-0.2, 0) is 14.2 Å². The summed E-state index contributed by atoms with van der Waals surface area (Å²) in [6, 6.07) is 0. The molecule has 0 spiro atoms. The van der Waals surface area contributed by atoms with Gasteiger partial charge in [-0.1, -0.05) is 71.1 Å². The van der Waals surface area contributed by atoms with E-state index in [9.17, 15) is 0 Å². The van der Waals surface area contributed by atoms with Crippen molar-refractivity contribution >= 4 is 0 Å². The van der Waals surface area contributed by atoms with Crippen molar-refractivity contribution < 1.29 is 19.3 Å². The molecule has 1 N–H and O–H groups in total. The second-order valence-electron chi connectivity index (χ2n) is 6.96. The summed E-state index contributed by atoms with van der Waals surface area (Å²) in [5.41, 5.74) is 0. The number of aliphatic hydroxyl groups excluding tert-OH is 1. The summed E-state index contributed by atoms with van der Waals surface area (Å²) in [4.78, 5) is 0. The van der Waals surface area contributed by atoms with Gasteiger partial charge < -0.3 is 19.3 Å². The Hall–Kier alpha value is -0.740. The molecular formula is C20H38O4. The molecule has 4 heteroatoms. The van der Waals surface area contributed by atoms with Crippen LogP contribution in [0.1, 0.15) is 90.9 Å². The molecule has 0 aliphatic carbocycles. The quantitative estimate of drug-likeness (QED) is 0.387. The van der Waals surface area contributed by atoms with Gasteiger partial charge in [0.25, 0.3) is 0 Å². The topological polar surface area (TPSA) is 47.9 Å². The third-order valence-corrected chi connectivity index (χ3v) is 4.28. The molecular weight excluding hydrogens is 304 g/mol. The number of ether oxygens (including phenoxy) is 3. The van der Waals surface area contributed by atoms with Gasteiger partial charge in [-0.05, 0) is 13.3 Å². The normalized spacial score (nSPS) is 18.1. The summed E-state index contributed by atoms with van der Waals surface area (Å²) < 4.78 is 16.5. The van der Waals surface area contributed by atoms with E-state index < -0.39 is 6.10 Å². The molecule has 142 valence electrons. The Kier molecular flexibility index (Phi) is 13.0. The van der Waals surface area contributed by atoms with E-state index in [1.807, 2.05) is 0 Å². The molecule has 1 heterocycles. The smallest absolute Gasteiger partial charge is 0.240 e. The van der Waals surface area contributed by atoms with E-state index in [1.54, 1.807) is 13.2 Å². The summed E-state index contributed by atoms with van der Waals surface area (Å²) in [6.07, 6.45) is 16.8. The van der Waals surface area contributed by atoms with E-state index in [-0.39, 0.29) is 6.29 Å². The second-order valence-corrected chi connectivity index (χ2v) is 6.96. The fraction of sp³-hybridized carbons (Fsp3) is 0.900. The summed E-state index contributed by atoms with van der Waals surface area (Å²) in [5.74, 6) is 0.726. The van der Waals surface area contributed by atoms with Crippen molar-refractivity contribution in [1.82, 2.24) is 0 Å². The van der Waals surface area contributed by atoms with Gasteiger partial charge in [0.15, 0.2) is 5.76 Å². The largest absolute Gasteiger partial charge is 0.459 e. The average molecular weight is 343 g/mol. The van der Waals surface area contributed by atoms with Crippen molar-refractivity contribution in [2.24, 2.45) is 0 Å². The molecule has 2 atom stereocenters. The highest BCUT2D eigenvalue weighted by atomic mass is 16.7. The van der Waals surface area contributed by atoms with Crippen molar-refractivity contribution in [3.05, 3.63) is 12.0 Å². The van der Waals surface area contributed by atoms with Crippen LogP contribution in [0.5, 0.6) is 0 Å². The third kappa shape index (κ3) is 11.7. The van der Waals surface area contributed by atoms with Crippen molar-refractivity contribution in [2.75, 3.05) is 13.2 Å². The Morgan fingerprint density at radius 1 is 1.00 bits per heavy atom. The summed E-state index contributed by atoms with van der Waals surface area (Å²) in [6.45, 7) is 4.67. The Bertz CT molecular complexity index is 315. The standard InChI is InChI=1S/C20H38O4/c1-3-4-5-6-7-8-9-10-11-12-13-14-20-23-17-19(24-20)16-22-15-18(2)21/h17-18,20-21H,3-16H2,1-2H3. The van der Waals surface area contributed by atoms with Crippen LogP contribution in [0, 0.1) is 0 Å². The maximum atomic E-state index is 9.13. The van der Waals surface area contributed by atoms with Crippen LogP contribution in [-0.4, -0.2) is 30.7 Å². The second kappa shape index (κ2) is 14.6. The molecule has 0 saturated carbocycles. The molecule has 0 aromatic carbocycles.